The molecule has 1 rings (SSSR count). The molecule has 0 radical (unpaired) electrons. The predicted octanol–water partition coefficient (Wildman–Crippen LogP) is 0.168. The quantitative estimate of drug-likeness (QED) is 0.557. The molecule has 0 spiro atoms. The molecule has 0 saturated heterocycles. The largest absolute Gasteiger partial charge is 0.348 e. The number of nitrogens with one attached hydrogen (secondary N) is 1. The highest BCUT2D eigenvalue weighted by Crippen LogP contribution is 2.16. The fourth-order valence-corrected chi connectivity index (χ4v) is 1.41. The van der Waals surface area contributed by atoms with Crippen LogP contribution in [-0.4, -0.2) is 18.0 Å². The Balaban J connectivity index is 2.36. The highest BCUT2D eigenvalue weighted by molar-refractivity contribution is 5.87. The second-order valence-corrected chi connectivity index (χ2v) is 2.91. The summed E-state index contributed by atoms with van der Waals surface area (Å²) in [6.07, 6.45) is 4.41. The molecule has 3 N–H and O–H groups in total. The molecular weight excluding hydrogens is 140 g/mol. The number of hydrogen-bond donors (Lipinski definition) is 2. The fourth-order valence-electron chi connectivity index (χ4n) is 1.41. The minimum absolute atomic E-state index is 0.118. The van der Waals surface area contributed by atoms with Crippen molar-refractivity contribution in [3.8, 4) is 0 Å². The Labute approximate surface area is 66.6 Å². The molecule has 0 heterocycles. The zero-order chi connectivity index (χ0) is 8.27. The molecule has 0 bridgehead atoms. The van der Waals surface area contributed by atoms with Gasteiger partial charge in [0.1, 0.15) is 0 Å². The van der Waals surface area contributed by atoms with Crippen molar-refractivity contribution < 1.29 is 4.79 Å². The third kappa shape index (κ3) is 2.05. The zero-order valence-electron chi connectivity index (χ0n) is 6.55. The molecule has 11 heavy (non-hydrogen) atoms. The summed E-state index contributed by atoms with van der Waals surface area (Å²) < 4.78 is 0. The SMILES string of the molecule is C=CC(=O)NC1CCC[C@H]1N. The molecule has 3 nitrogen and oxygen atoms in total. The van der Waals surface area contributed by atoms with Gasteiger partial charge in [-0.3, -0.25) is 4.79 Å². The lowest BCUT2D eigenvalue weighted by Gasteiger charge is -2.15. The van der Waals surface area contributed by atoms with Crippen molar-refractivity contribution >= 4 is 5.91 Å². The van der Waals surface area contributed by atoms with Gasteiger partial charge in [0, 0.05) is 12.1 Å². The van der Waals surface area contributed by atoms with Gasteiger partial charge in [0.2, 0.25) is 5.91 Å². The Morgan fingerprint density at radius 3 is 2.82 bits per heavy atom. The van der Waals surface area contributed by atoms with Crippen molar-refractivity contribution in [1.82, 2.24) is 5.32 Å². The van der Waals surface area contributed by atoms with Gasteiger partial charge in [-0.2, -0.15) is 0 Å². The average Bonchev–Trinajstić information content (AvgIpc) is 2.37. The van der Waals surface area contributed by atoms with E-state index in [1.165, 1.54) is 6.08 Å². The molecule has 1 saturated carbocycles. The van der Waals surface area contributed by atoms with Gasteiger partial charge in [0.05, 0.1) is 0 Å². The maximum Gasteiger partial charge on any atom is 0.243 e. The maximum atomic E-state index is 10.8. The van der Waals surface area contributed by atoms with Crippen LogP contribution in [0.15, 0.2) is 12.7 Å². The topological polar surface area (TPSA) is 55.1 Å². The van der Waals surface area contributed by atoms with Crippen LogP contribution < -0.4 is 11.1 Å². The first kappa shape index (κ1) is 8.27. The Kier molecular flexibility index (Phi) is 2.65. The van der Waals surface area contributed by atoms with E-state index in [0.717, 1.165) is 19.3 Å². The van der Waals surface area contributed by atoms with Gasteiger partial charge in [-0.05, 0) is 25.3 Å². The monoisotopic (exact) mass is 154 g/mol. The van der Waals surface area contributed by atoms with Crippen LogP contribution in [0.2, 0.25) is 0 Å². The summed E-state index contributed by atoms with van der Waals surface area (Å²) >= 11 is 0. The first-order chi connectivity index (χ1) is 5.24. The number of hydrogen-bond acceptors (Lipinski definition) is 2. The summed E-state index contributed by atoms with van der Waals surface area (Å²) in [5.41, 5.74) is 5.73. The van der Waals surface area contributed by atoms with Gasteiger partial charge < -0.3 is 11.1 Å². The van der Waals surface area contributed by atoms with E-state index in [2.05, 4.69) is 11.9 Å². The first-order valence-corrected chi connectivity index (χ1v) is 3.92. The van der Waals surface area contributed by atoms with E-state index in [1.807, 2.05) is 0 Å². The minimum Gasteiger partial charge on any atom is -0.348 e. The lowest BCUT2D eigenvalue weighted by molar-refractivity contribution is -0.117. The van der Waals surface area contributed by atoms with Crippen LogP contribution in [0, 0.1) is 0 Å². The smallest absolute Gasteiger partial charge is 0.243 e. The Morgan fingerprint density at radius 2 is 2.36 bits per heavy atom. The van der Waals surface area contributed by atoms with Crippen LogP contribution in [-0.2, 0) is 4.79 Å². The highest BCUT2D eigenvalue weighted by atomic mass is 16.1. The molecule has 2 atom stereocenters. The van der Waals surface area contributed by atoms with Gasteiger partial charge in [0.25, 0.3) is 0 Å². The first-order valence-electron chi connectivity index (χ1n) is 3.92. The second-order valence-electron chi connectivity index (χ2n) is 2.91. The van der Waals surface area contributed by atoms with Crippen molar-refractivity contribution in [2.75, 3.05) is 0 Å². The summed E-state index contributed by atoms with van der Waals surface area (Å²) in [5, 5.41) is 2.80. The average molecular weight is 154 g/mol. The van der Waals surface area contributed by atoms with Crippen molar-refractivity contribution in [3.05, 3.63) is 12.7 Å². The number of amides is 1. The molecule has 62 valence electrons. The van der Waals surface area contributed by atoms with E-state index >= 15 is 0 Å². The summed E-state index contributed by atoms with van der Waals surface area (Å²) in [7, 11) is 0. The predicted molar refractivity (Wildman–Crippen MR) is 44.0 cm³/mol. The van der Waals surface area contributed by atoms with Crippen molar-refractivity contribution in [2.45, 2.75) is 31.3 Å². The van der Waals surface area contributed by atoms with Crippen LogP contribution in [0.25, 0.3) is 0 Å². The van der Waals surface area contributed by atoms with Crippen LogP contribution >= 0.6 is 0 Å². The van der Waals surface area contributed by atoms with E-state index in [-0.39, 0.29) is 18.0 Å². The van der Waals surface area contributed by atoms with Crippen molar-refractivity contribution in [3.63, 3.8) is 0 Å². The van der Waals surface area contributed by atoms with E-state index in [0.29, 0.717) is 0 Å². The summed E-state index contributed by atoms with van der Waals surface area (Å²) in [4.78, 5) is 10.8. The number of carbonyl (C=O) groups excluding carboxylic acids is 1. The van der Waals surface area contributed by atoms with Gasteiger partial charge >= 0.3 is 0 Å². The third-order valence-electron chi connectivity index (χ3n) is 2.08. The van der Waals surface area contributed by atoms with Gasteiger partial charge in [-0.1, -0.05) is 6.58 Å². The molecule has 3 heteroatoms. The van der Waals surface area contributed by atoms with E-state index < -0.39 is 0 Å². The Hall–Kier alpha value is -0.830. The van der Waals surface area contributed by atoms with E-state index in [1.54, 1.807) is 0 Å². The third-order valence-corrected chi connectivity index (χ3v) is 2.08. The van der Waals surface area contributed by atoms with Crippen LogP contribution in [0.3, 0.4) is 0 Å². The Bertz CT molecular complexity index is 167. The molecule has 1 aliphatic rings. The Morgan fingerprint density at radius 1 is 1.64 bits per heavy atom. The van der Waals surface area contributed by atoms with Crippen LogP contribution in [0.1, 0.15) is 19.3 Å². The molecular formula is C8H14N2O. The van der Waals surface area contributed by atoms with Crippen LogP contribution in [0.4, 0.5) is 0 Å². The standard InChI is InChI=1S/C8H14N2O/c1-2-8(11)10-7-5-3-4-6(7)9/h2,6-7H,1,3-5,9H2,(H,10,11)/t6-,7?/m1/s1. The number of rotatable bonds is 2. The summed E-state index contributed by atoms with van der Waals surface area (Å²) in [5.74, 6) is -0.118. The van der Waals surface area contributed by atoms with Gasteiger partial charge in [-0.25, -0.2) is 0 Å². The minimum atomic E-state index is -0.118. The number of carbonyl (C=O) groups is 1. The van der Waals surface area contributed by atoms with E-state index in [4.69, 9.17) is 5.73 Å². The zero-order valence-corrected chi connectivity index (χ0v) is 6.55. The highest BCUT2D eigenvalue weighted by Gasteiger charge is 2.24. The van der Waals surface area contributed by atoms with Gasteiger partial charge in [0.15, 0.2) is 0 Å². The van der Waals surface area contributed by atoms with Crippen molar-refractivity contribution in [2.24, 2.45) is 5.73 Å². The van der Waals surface area contributed by atoms with Crippen LogP contribution in [0.5, 0.6) is 0 Å². The molecule has 0 aromatic rings. The number of nitrogens with two attached hydrogens (primary N) is 1. The molecule has 0 aliphatic heterocycles. The fraction of sp³-hybridized carbons (Fsp3) is 0.625. The molecule has 1 unspecified atom stereocenters. The van der Waals surface area contributed by atoms with Gasteiger partial charge in [-0.15, -0.1) is 0 Å². The summed E-state index contributed by atoms with van der Waals surface area (Å²) in [6.45, 7) is 3.37. The lowest BCUT2D eigenvalue weighted by Crippen LogP contribution is -2.43. The molecule has 0 aromatic heterocycles. The molecule has 1 aliphatic carbocycles. The molecule has 0 aromatic carbocycles. The maximum absolute atomic E-state index is 10.8. The normalized spacial score (nSPS) is 29.9. The van der Waals surface area contributed by atoms with Crippen molar-refractivity contribution in [1.29, 1.82) is 0 Å². The summed E-state index contributed by atoms with van der Waals surface area (Å²) in [6, 6.07) is 0.305. The molecule has 1 fully saturated rings. The van der Waals surface area contributed by atoms with E-state index in [9.17, 15) is 4.79 Å². The molecule has 1 amide bonds. The second kappa shape index (κ2) is 3.53. The lowest BCUT2D eigenvalue weighted by atomic mass is 10.2.